The molecule has 1 heterocycles. The van der Waals surface area contributed by atoms with Gasteiger partial charge in [-0.15, -0.1) is 0 Å². The minimum Gasteiger partial charge on any atom is -0.394 e. The van der Waals surface area contributed by atoms with Crippen molar-refractivity contribution in [2.75, 3.05) is 39.3 Å². The lowest BCUT2D eigenvalue weighted by Crippen LogP contribution is -2.63. The minimum absolute atomic E-state index is 0.0852. The van der Waals surface area contributed by atoms with E-state index in [0.29, 0.717) is 12.0 Å². The van der Waals surface area contributed by atoms with Gasteiger partial charge in [0.2, 0.25) is 0 Å². The molecule has 1 aliphatic heterocycles. The molecule has 1 saturated heterocycles. The fourth-order valence-corrected chi connectivity index (χ4v) is 3.70. The normalized spacial score (nSPS) is 25.3. The molecule has 0 bridgehead atoms. The van der Waals surface area contributed by atoms with E-state index in [1.165, 1.54) is 12.8 Å². The van der Waals surface area contributed by atoms with Crippen LogP contribution in [0.3, 0.4) is 0 Å². The molecule has 1 atom stereocenters. The van der Waals surface area contributed by atoms with Crippen LogP contribution in [0.2, 0.25) is 0 Å². The van der Waals surface area contributed by atoms with Crippen molar-refractivity contribution in [3.8, 4) is 0 Å². The smallest absolute Gasteiger partial charge is 0.0628 e. The number of aliphatic hydroxyl groups is 1. The topological polar surface area (TPSA) is 38.7 Å². The van der Waals surface area contributed by atoms with Gasteiger partial charge in [-0.3, -0.25) is 9.80 Å². The van der Waals surface area contributed by atoms with Crippen LogP contribution in [-0.2, 0) is 0 Å². The zero-order valence-corrected chi connectivity index (χ0v) is 14.7. The van der Waals surface area contributed by atoms with E-state index in [1.807, 2.05) is 0 Å². The molecule has 0 amide bonds. The van der Waals surface area contributed by atoms with Crippen LogP contribution < -0.4 is 5.32 Å². The maximum atomic E-state index is 10.0. The van der Waals surface area contributed by atoms with Gasteiger partial charge in [-0.2, -0.15) is 0 Å². The van der Waals surface area contributed by atoms with E-state index in [1.54, 1.807) is 0 Å². The number of hydrogen-bond donors (Lipinski definition) is 2. The summed E-state index contributed by atoms with van der Waals surface area (Å²) in [4.78, 5) is 5.11. The van der Waals surface area contributed by atoms with Crippen molar-refractivity contribution in [1.29, 1.82) is 0 Å². The Bertz CT molecular complexity index is 327. The van der Waals surface area contributed by atoms with E-state index in [9.17, 15) is 5.11 Å². The largest absolute Gasteiger partial charge is 0.394 e. The van der Waals surface area contributed by atoms with Crippen molar-refractivity contribution in [2.45, 2.75) is 64.6 Å². The van der Waals surface area contributed by atoms with E-state index >= 15 is 0 Å². The van der Waals surface area contributed by atoms with Gasteiger partial charge in [0.15, 0.2) is 0 Å². The molecule has 2 aliphatic rings. The molecule has 2 fully saturated rings. The van der Waals surface area contributed by atoms with Crippen molar-refractivity contribution in [2.24, 2.45) is 5.92 Å². The summed E-state index contributed by atoms with van der Waals surface area (Å²) in [5, 5.41) is 13.7. The standard InChI is InChI=1S/C17H35N3O/c1-14(2)18-17(13-21,15-6-7-15)12-19-8-10-20(11-9-19)16(3,4)5/h14-15,18,21H,6-13H2,1-5H3. The number of rotatable bonds is 6. The summed E-state index contributed by atoms with van der Waals surface area (Å²) in [7, 11) is 0. The molecule has 2 N–H and O–H groups in total. The lowest BCUT2D eigenvalue weighted by atomic mass is 9.91. The lowest BCUT2D eigenvalue weighted by molar-refractivity contribution is 0.0276. The third-order valence-electron chi connectivity index (χ3n) is 5.04. The molecule has 0 aromatic heterocycles. The molecular formula is C17H35N3O. The number of hydrogen-bond acceptors (Lipinski definition) is 4. The molecule has 1 aliphatic carbocycles. The number of nitrogens with one attached hydrogen (secondary N) is 1. The lowest BCUT2D eigenvalue weighted by Gasteiger charge is -2.46. The highest BCUT2D eigenvalue weighted by Gasteiger charge is 2.46. The first kappa shape index (κ1) is 17.2. The quantitative estimate of drug-likeness (QED) is 0.780. The first-order valence-electron chi connectivity index (χ1n) is 8.63. The highest BCUT2D eigenvalue weighted by molar-refractivity contribution is 5.04. The van der Waals surface area contributed by atoms with Crippen molar-refractivity contribution in [3.63, 3.8) is 0 Å². The highest BCUT2D eigenvalue weighted by atomic mass is 16.3. The molecule has 124 valence electrons. The second-order valence-corrected chi connectivity index (χ2v) is 8.32. The third kappa shape index (κ3) is 4.41. The Balaban J connectivity index is 1.93. The summed E-state index contributed by atoms with van der Waals surface area (Å²) in [6.45, 7) is 17.0. The molecule has 4 nitrogen and oxygen atoms in total. The summed E-state index contributed by atoms with van der Waals surface area (Å²) in [5.41, 5.74) is 0.185. The average molecular weight is 297 g/mol. The van der Waals surface area contributed by atoms with Gasteiger partial charge in [0, 0.05) is 44.3 Å². The van der Waals surface area contributed by atoms with E-state index in [2.05, 4.69) is 49.7 Å². The van der Waals surface area contributed by atoms with Gasteiger partial charge in [-0.25, -0.2) is 0 Å². The maximum Gasteiger partial charge on any atom is 0.0628 e. The van der Waals surface area contributed by atoms with Crippen molar-refractivity contribution >= 4 is 0 Å². The molecule has 1 unspecified atom stereocenters. The highest BCUT2D eigenvalue weighted by Crippen LogP contribution is 2.40. The predicted molar refractivity (Wildman–Crippen MR) is 88.6 cm³/mol. The van der Waals surface area contributed by atoms with Crippen LogP contribution in [0.25, 0.3) is 0 Å². The number of piperazine rings is 1. The Kier molecular flexibility index (Phi) is 5.35. The molecule has 0 spiro atoms. The van der Waals surface area contributed by atoms with Crippen LogP contribution >= 0.6 is 0 Å². The van der Waals surface area contributed by atoms with Gasteiger partial charge in [-0.1, -0.05) is 13.8 Å². The van der Waals surface area contributed by atoms with Crippen molar-refractivity contribution in [3.05, 3.63) is 0 Å². The summed E-state index contributed by atoms with van der Waals surface area (Å²) >= 11 is 0. The zero-order valence-electron chi connectivity index (χ0n) is 14.7. The zero-order chi connectivity index (χ0) is 15.7. The van der Waals surface area contributed by atoms with Crippen molar-refractivity contribution in [1.82, 2.24) is 15.1 Å². The Hall–Kier alpha value is -0.160. The Morgan fingerprint density at radius 3 is 2.05 bits per heavy atom. The van der Waals surface area contributed by atoms with Gasteiger partial charge < -0.3 is 10.4 Å². The third-order valence-corrected chi connectivity index (χ3v) is 5.04. The summed E-state index contributed by atoms with van der Waals surface area (Å²) in [5.74, 6) is 0.658. The molecule has 4 heteroatoms. The van der Waals surface area contributed by atoms with E-state index in [-0.39, 0.29) is 17.7 Å². The van der Waals surface area contributed by atoms with Gasteiger partial charge in [0.05, 0.1) is 12.1 Å². The second kappa shape index (κ2) is 6.53. The van der Waals surface area contributed by atoms with Crippen LogP contribution in [0.15, 0.2) is 0 Å². The first-order chi connectivity index (χ1) is 9.77. The van der Waals surface area contributed by atoms with Crippen LogP contribution in [0.5, 0.6) is 0 Å². The van der Waals surface area contributed by atoms with Crippen LogP contribution in [0.1, 0.15) is 47.5 Å². The fourth-order valence-electron chi connectivity index (χ4n) is 3.70. The molecule has 0 aromatic rings. The van der Waals surface area contributed by atoms with Gasteiger partial charge in [0.1, 0.15) is 0 Å². The first-order valence-corrected chi connectivity index (χ1v) is 8.63. The van der Waals surface area contributed by atoms with Gasteiger partial charge in [-0.05, 0) is 39.5 Å². The molecule has 0 radical (unpaired) electrons. The van der Waals surface area contributed by atoms with E-state index in [0.717, 1.165) is 32.7 Å². The maximum absolute atomic E-state index is 10.0. The van der Waals surface area contributed by atoms with Crippen LogP contribution in [0.4, 0.5) is 0 Å². The molecule has 21 heavy (non-hydrogen) atoms. The second-order valence-electron chi connectivity index (χ2n) is 8.32. The van der Waals surface area contributed by atoms with E-state index in [4.69, 9.17) is 0 Å². The molecule has 0 aromatic carbocycles. The minimum atomic E-state index is -0.0852. The summed E-state index contributed by atoms with van der Waals surface area (Å²) < 4.78 is 0. The van der Waals surface area contributed by atoms with Gasteiger partial charge in [0.25, 0.3) is 0 Å². The fraction of sp³-hybridized carbons (Fsp3) is 1.00. The van der Waals surface area contributed by atoms with Crippen LogP contribution in [0, 0.1) is 5.92 Å². The van der Waals surface area contributed by atoms with Gasteiger partial charge >= 0.3 is 0 Å². The Morgan fingerprint density at radius 2 is 1.67 bits per heavy atom. The molecule has 2 rings (SSSR count). The monoisotopic (exact) mass is 297 g/mol. The summed E-state index contributed by atoms with van der Waals surface area (Å²) in [6, 6.07) is 0.425. The Labute approximate surface area is 130 Å². The number of aliphatic hydroxyl groups excluding tert-OH is 1. The van der Waals surface area contributed by atoms with Crippen LogP contribution in [-0.4, -0.2) is 71.4 Å². The van der Waals surface area contributed by atoms with E-state index < -0.39 is 0 Å². The molecular weight excluding hydrogens is 262 g/mol. The Morgan fingerprint density at radius 1 is 1.10 bits per heavy atom. The SMILES string of the molecule is CC(C)NC(CO)(CN1CCN(C(C)(C)C)CC1)C1CC1. The molecule has 1 saturated carbocycles. The van der Waals surface area contributed by atoms with Crippen molar-refractivity contribution < 1.29 is 5.11 Å². The number of nitrogens with zero attached hydrogens (tertiary/aromatic N) is 2. The average Bonchev–Trinajstić information content (AvgIpc) is 3.21. The summed E-state index contributed by atoms with van der Waals surface area (Å²) in [6.07, 6.45) is 2.53. The predicted octanol–water partition coefficient (Wildman–Crippen LogP) is 1.54.